The highest BCUT2D eigenvalue weighted by molar-refractivity contribution is 8.13. The first-order valence-electron chi connectivity index (χ1n) is 2.60. The van der Waals surface area contributed by atoms with Crippen LogP contribution in [0.3, 0.4) is 0 Å². The van der Waals surface area contributed by atoms with Gasteiger partial charge in [0.15, 0.2) is 0 Å². The minimum atomic E-state index is 0.157. The zero-order valence-corrected chi connectivity index (χ0v) is 5.37. The Kier molecular flexibility index (Phi) is 1.50. The second-order valence-electron chi connectivity index (χ2n) is 1.84. The predicted molar refractivity (Wildman–Crippen MR) is 36.5 cm³/mol. The molecule has 0 heterocycles. The fraction of sp³-hybridized carbons (Fsp3) is 0.800. The van der Waals surface area contributed by atoms with Gasteiger partial charge >= 0.3 is 0 Å². The molecule has 1 aliphatic rings. The molecule has 1 rings (SSSR count). The number of nitrogens with two attached hydrogens (primary N) is 1. The molecule has 0 bridgehead atoms. The van der Waals surface area contributed by atoms with Gasteiger partial charge in [0.1, 0.15) is 0 Å². The average molecular weight is 117 g/mol. The van der Waals surface area contributed by atoms with Crippen LogP contribution in [0.15, 0.2) is 0 Å². The van der Waals surface area contributed by atoms with E-state index in [1.54, 1.807) is 0 Å². The van der Waals surface area contributed by atoms with Gasteiger partial charge in [-0.15, -0.1) is 10.7 Å². The Balaban J connectivity index is 2.37. The van der Waals surface area contributed by atoms with Crippen LogP contribution in [0.25, 0.3) is 0 Å². The van der Waals surface area contributed by atoms with E-state index in [4.69, 9.17) is 5.14 Å². The van der Waals surface area contributed by atoms with Crippen molar-refractivity contribution in [2.75, 3.05) is 0 Å². The summed E-state index contributed by atoms with van der Waals surface area (Å²) in [6.07, 6.45) is 2.73. The number of hydrogen-bond acceptors (Lipinski definition) is 1. The van der Waals surface area contributed by atoms with E-state index < -0.39 is 0 Å². The van der Waals surface area contributed by atoms with Crippen LogP contribution in [0.5, 0.6) is 0 Å². The normalized spacial score (nSPS) is 25.4. The monoisotopic (exact) mass is 117 g/mol. The SMILES string of the molecule is C/C=S(/N)C1CC1. The van der Waals surface area contributed by atoms with Gasteiger partial charge in [-0.05, 0) is 19.8 Å². The molecule has 42 valence electrons. The molecule has 0 aromatic heterocycles. The minimum absolute atomic E-state index is 0.157. The first-order valence-corrected chi connectivity index (χ1v) is 4.02. The zero-order chi connectivity index (χ0) is 5.28. The summed E-state index contributed by atoms with van der Waals surface area (Å²) in [5.74, 6) is 0. The molecule has 7 heavy (non-hydrogen) atoms. The molecule has 0 aromatic carbocycles. The van der Waals surface area contributed by atoms with E-state index in [-0.39, 0.29) is 10.7 Å². The van der Waals surface area contributed by atoms with Crippen LogP contribution in [0.2, 0.25) is 0 Å². The molecular formula is C5H11NS. The van der Waals surface area contributed by atoms with Crippen LogP contribution in [0.1, 0.15) is 19.8 Å². The highest BCUT2D eigenvalue weighted by Gasteiger charge is 2.21. The van der Waals surface area contributed by atoms with Crippen molar-refractivity contribution in [3.63, 3.8) is 0 Å². The molecule has 0 aromatic rings. The third-order valence-corrected chi connectivity index (χ3v) is 2.97. The molecular weight excluding hydrogens is 106 g/mol. The summed E-state index contributed by atoms with van der Waals surface area (Å²) in [7, 11) is 0.157. The van der Waals surface area contributed by atoms with Crippen LogP contribution in [-0.4, -0.2) is 10.6 Å². The first kappa shape index (κ1) is 5.32. The smallest absolute Gasteiger partial charge is 0.0125 e. The van der Waals surface area contributed by atoms with Gasteiger partial charge < -0.3 is 0 Å². The van der Waals surface area contributed by atoms with Crippen molar-refractivity contribution in [3.05, 3.63) is 0 Å². The number of rotatable bonds is 1. The lowest BCUT2D eigenvalue weighted by Gasteiger charge is -1.92. The Labute approximate surface area is 47.0 Å². The molecule has 0 radical (unpaired) electrons. The van der Waals surface area contributed by atoms with E-state index in [1.165, 1.54) is 12.8 Å². The second-order valence-corrected chi connectivity index (χ2v) is 3.80. The van der Waals surface area contributed by atoms with Crippen molar-refractivity contribution in [3.8, 4) is 0 Å². The van der Waals surface area contributed by atoms with Crippen molar-refractivity contribution in [2.45, 2.75) is 25.0 Å². The van der Waals surface area contributed by atoms with Crippen molar-refractivity contribution >= 4 is 16.0 Å². The summed E-state index contributed by atoms with van der Waals surface area (Å²) >= 11 is 0. The van der Waals surface area contributed by atoms with Crippen molar-refractivity contribution in [2.24, 2.45) is 5.14 Å². The summed E-state index contributed by atoms with van der Waals surface area (Å²) in [6.45, 7) is 2.04. The van der Waals surface area contributed by atoms with Gasteiger partial charge in [0.05, 0.1) is 0 Å². The summed E-state index contributed by atoms with van der Waals surface area (Å²) in [4.78, 5) is 0. The highest BCUT2D eigenvalue weighted by atomic mass is 32.2. The molecule has 0 spiro atoms. The third-order valence-electron chi connectivity index (χ3n) is 1.18. The minimum Gasteiger partial charge on any atom is -0.283 e. The van der Waals surface area contributed by atoms with Gasteiger partial charge in [-0.3, -0.25) is 5.14 Å². The summed E-state index contributed by atoms with van der Waals surface area (Å²) in [6, 6.07) is 0. The van der Waals surface area contributed by atoms with E-state index >= 15 is 0 Å². The van der Waals surface area contributed by atoms with E-state index in [0.29, 0.717) is 0 Å². The molecule has 0 saturated heterocycles. The van der Waals surface area contributed by atoms with Crippen molar-refractivity contribution in [1.29, 1.82) is 0 Å². The molecule has 1 atom stereocenters. The fourth-order valence-corrected chi connectivity index (χ4v) is 1.60. The lowest BCUT2D eigenvalue weighted by molar-refractivity contribution is 1.50. The van der Waals surface area contributed by atoms with Crippen LogP contribution in [0.4, 0.5) is 0 Å². The van der Waals surface area contributed by atoms with Crippen LogP contribution >= 0.6 is 10.7 Å². The first-order chi connectivity index (χ1) is 3.34. The Bertz CT molecular complexity index is 94.3. The maximum absolute atomic E-state index is 5.65. The van der Waals surface area contributed by atoms with Gasteiger partial charge in [-0.25, -0.2) is 0 Å². The molecule has 2 N–H and O–H groups in total. The molecule has 0 aliphatic heterocycles. The number of hydrogen-bond donors (Lipinski definition) is 1. The second kappa shape index (κ2) is 1.97. The highest BCUT2D eigenvalue weighted by Crippen LogP contribution is 2.34. The van der Waals surface area contributed by atoms with E-state index in [9.17, 15) is 0 Å². The van der Waals surface area contributed by atoms with E-state index in [2.05, 4.69) is 5.37 Å². The van der Waals surface area contributed by atoms with Gasteiger partial charge in [-0.1, -0.05) is 5.37 Å². The third kappa shape index (κ3) is 1.28. The van der Waals surface area contributed by atoms with E-state index in [0.717, 1.165) is 5.25 Å². The fourth-order valence-electron chi connectivity index (χ4n) is 0.533. The van der Waals surface area contributed by atoms with Gasteiger partial charge in [0, 0.05) is 5.25 Å². The molecule has 2 heteroatoms. The molecule has 1 aliphatic carbocycles. The van der Waals surface area contributed by atoms with Crippen molar-refractivity contribution in [1.82, 2.24) is 0 Å². The average Bonchev–Trinajstić information content (AvgIpc) is 2.44. The maximum atomic E-state index is 5.65. The largest absolute Gasteiger partial charge is 0.283 e. The Morgan fingerprint density at radius 1 is 1.71 bits per heavy atom. The molecule has 0 amide bonds. The van der Waals surface area contributed by atoms with Gasteiger partial charge in [-0.2, -0.15) is 0 Å². The maximum Gasteiger partial charge on any atom is 0.0125 e. The predicted octanol–water partition coefficient (Wildman–Crippen LogP) is 1.11. The van der Waals surface area contributed by atoms with Crippen LogP contribution in [-0.2, 0) is 0 Å². The van der Waals surface area contributed by atoms with Crippen LogP contribution < -0.4 is 5.14 Å². The molecule has 1 saturated carbocycles. The Morgan fingerprint density at radius 3 is 2.43 bits per heavy atom. The molecule has 1 fully saturated rings. The topological polar surface area (TPSA) is 26.0 Å². The quantitative estimate of drug-likeness (QED) is 0.512. The summed E-state index contributed by atoms with van der Waals surface area (Å²) in [5.41, 5.74) is 0. The lowest BCUT2D eigenvalue weighted by Crippen LogP contribution is -1.90. The Morgan fingerprint density at radius 2 is 2.29 bits per heavy atom. The Hall–Kier alpha value is 0.180. The lowest BCUT2D eigenvalue weighted by atomic mass is 11.0. The zero-order valence-electron chi connectivity index (χ0n) is 4.55. The van der Waals surface area contributed by atoms with Gasteiger partial charge in [0.2, 0.25) is 0 Å². The van der Waals surface area contributed by atoms with Crippen LogP contribution in [0, 0.1) is 0 Å². The van der Waals surface area contributed by atoms with Gasteiger partial charge in [0.25, 0.3) is 0 Å². The summed E-state index contributed by atoms with van der Waals surface area (Å²) in [5, 5.41) is 8.62. The standard InChI is InChI=1S/C5H11NS/c1-2-7(6)5-3-4-5/h2,5H,3-4,6H2,1H3. The van der Waals surface area contributed by atoms with Crippen molar-refractivity contribution < 1.29 is 0 Å². The molecule has 1 unspecified atom stereocenters. The summed E-state index contributed by atoms with van der Waals surface area (Å²) < 4.78 is 0. The van der Waals surface area contributed by atoms with E-state index in [1.807, 2.05) is 6.92 Å². The molecule has 1 nitrogen and oxygen atoms in total.